The largest absolute Gasteiger partial charge is 0.299 e. The summed E-state index contributed by atoms with van der Waals surface area (Å²) in [6.07, 6.45) is 6.15. The summed E-state index contributed by atoms with van der Waals surface area (Å²) in [5, 5.41) is 0. The summed E-state index contributed by atoms with van der Waals surface area (Å²) in [6.45, 7) is 10.4. The van der Waals surface area contributed by atoms with Crippen molar-refractivity contribution in [3.63, 3.8) is 0 Å². The van der Waals surface area contributed by atoms with Crippen molar-refractivity contribution in [1.82, 2.24) is 9.55 Å². The van der Waals surface area contributed by atoms with E-state index in [2.05, 4.69) is 55.7 Å². The Morgan fingerprint density at radius 1 is 0.966 bits per heavy atom. The SMILES string of the molecule is CCc1cccc(CC)c1-n1ccnc1-c1ccccc1C(C)(CC)[C@H](F)CC. The third-order valence-electron chi connectivity index (χ3n) is 6.41. The number of benzene rings is 2. The Kier molecular flexibility index (Phi) is 6.56. The highest BCUT2D eigenvalue weighted by Gasteiger charge is 2.36. The number of aryl methyl sites for hydroxylation is 2. The van der Waals surface area contributed by atoms with Crippen LogP contribution in [-0.4, -0.2) is 15.7 Å². The number of halogens is 1. The van der Waals surface area contributed by atoms with Gasteiger partial charge in [-0.1, -0.05) is 77.1 Å². The summed E-state index contributed by atoms with van der Waals surface area (Å²) in [7, 11) is 0. The standard InChI is InChI=1S/C26H33FN2/c1-6-19-13-12-14-20(7-2)24(19)29-18-17-28-25(29)21-15-10-11-16-22(21)26(5,9-4)23(27)8-3/h10-18,23H,6-9H2,1-5H3/t23-,26?/m1/s1. The highest BCUT2D eigenvalue weighted by molar-refractivity contribution is 5.66. The van der Waals surface area contributed by atoms with Crippen molar-refractivity contribution >= 4 is 0 Å². The van der Waals surface area contributed by atoms with Crippen LogP contribution in [0.25, 0.3) is 17.1 Å². The van der Waals surface area contributed by atoms with Gasteiger partial charge in [-0.3, -0.25) is 4.57 Å². The predicted molar refractivity (Wildman–Crippen MR) is 121 cm³/mol. The summed E-state index contributed by atoms with van der Waals surface area (Å²) < 4.78 is 17.3. The molecule has 154 valence electrons. The van der Waals surface area contributed by atoms with Gasteiger partial charge < -0.3 is 0 Å². The number of aromatic nitrogens is 2. The van der Waals surface area contributed by atoms with Gasteiger partial charge in [0.2, 0.25) is 0 Å². The molecule has 1 heterocycles. The van der Waals surface area contributed by atoms with Crippen LogP contribution in [0, 0.1) is 0 Å². The van der Waals surface area contributed by atoms with E-state index in [1.165, 1.54) is 16.8 Å². The van der Waals surface area contributed by atoms with Crippen LogP contribution in [-0.2, 0) is 18.3 Å². The molecule has 0 radical (unpaired) electrons. The van der Waals surface area contributed by atoms with Crippen LogP contribution in [0.15, 0.2) is 54.9 Å². The minimum atomic E-state index is -0.897. The van der Waals surface area contributed by atoms with E-state index in [0.717, 1.165) is 36.2 Å². The minimum Gasteiger partial charge on any atom is -0.299 e. The van der Waals surface area contributed by atoms with Gasteiger partial charge in [-0.25, -0.2) is 9.37 Å². The van der Waals surface area contributed by atoms with Gasteiger partial charge in [-0.2, -0.15) is 0 Å². The van der Waals surface area contributed by atoms with Gasteiger partial charge >= 0.3 is 0 Å². The number of nitrogens with zero attached hydrogens (tertiary/aromatic N) is 2. The van der Waals surface area contributed by atoms with Crippen LogP contribution in [0.5, 0.6) is 0 Å². The monoisotopic (exact) mass is 392 g/mol. The molecule has 0 saturated carbocycles. The second-order valence-corrected chi connectivity index (χ2v) is 7.95. The third-order valence-corrected chi connectivity index (χ3v) is 6.41. The van der Waals surface area contributed by atoms with Crippen molar-refractivity contribution in [1.29, 1.82) is 0 Å². The van der Waals surface area contributed by atoms with E-state index in [1.807, 2.05) is 38.4 Å². The van der Waals surface area contributed by atoms with Crippen molar-refractivity contribution in [2.24, 2.45) is 0 Å². The molecule has 3 heteroatoms. The molecule has 0 bridgehead atoms. The van der Waals surface area contributed by atoms with Crippen LogP contribution < -0.4 is 0 Å². The summed E-state index contributed by atoms with van der Waals surface area (Å²) in [5.41, 5.74) is 5.33. The zero-order valence-corrected chi connectivity index (χ0v) is 18.4. The molecule has 0 fully saturated rings. The highest BCUT2D eigenvalue weighted by atomic mass is 19.1. The van der Waals surface area contributed by atoms with Crippen LogP contribution >= 0.6 is 0 Å². The van der Waals surface area contributed by atoms with Crippen molar-refractivity contribution in [2.75, 3.05) is 0 Å². The van der Waals surface area contributed by atoms with Gasteiger partial charge in [-0.15, -0.1) is 0 Å². The lowest BCUT2D eigenvalue weighted by Crippen LogP contribution is -2.33. The molecule has 3 aromatic rings. The first kappa shape index (κ1) is 21.3. The lowest BCUT2D eigenvalue weighted by atomic mass is 9.73. The van der Waals surface area contributed by atoms with Gasteiger partial charge in [0, 0.05) is 23.4 Å². The lowest BCUT2D eigenvalue weighted by molar-refractivity contribution is 0.188. The first-order valence-electron chi connectivity index (χ1n) is 10.9. The fraction of sp³-hybridized carbons (Fsp3) is 0.423. The van der Waals surface area contributed by atoms with Gasteiger partial charge in [-0.05, 0) is 42.4 Å². The molecule has 29 heavy (non-hydrogen) atoms. The van der Waals surface area contributed by atoms with Gasteiger partial charge in [0.25, 0.3) is 0 Å². The molecule has 2 nitrogen and oxygen atoms in total. The zero-order valence-electron chi connectivity index (χ0n) is 18.4. The molecule has 0 N–H and O–H groups in total. The summed E-state index contributed by atoms with van der Waals surface area (Å²) in [5.74, 6) is 0.888. The average Bonchev–Trinajstić information content (AvgIpc) is 3.26. The second-order valence-electron chi connectivity index (χ2n) is 7.95. The van der Waals surface area contributed by atoms with Crippen molar-refractivity contribution in [3.05, 3.63) is 71.5 Å². The Bertz CT molecular complexity index is 937. The van der Waals surface area contributed by atoms with Gasteiger partial charge in [0.15, 0.2) is 0 Å². The zero-order chi connectivity index (χ0) is 21.0. The summed E-state index contributed by atoms with van der Waals surface area (Å²) in [6, 6.07) is 14.7. The Labute approximate surface area is 174 Å². The fourth-order valence-electron chi connectivity index (χ4n) is 4.42. The van der Waals surface area contributed by atoms with E-state index in [9.17, 15) is 0 Å². The van der Waals surface area contributed by atoms with Crippen LogP contribution in [0.2, 0.25) is 0 Å². The number of imidazole rings is 1. The number of hydrogen-bond donors (Lipinski definition) is 0. The summed E-state index contributed by atoms with van der Waals surface area (Å²) in [4.78, 5) is 4.75. The third kappa shape index (κ3) is 3.75. The molecular formula is C26H33FN2. The molecule has 1 unspecified atom stereocenters. The Hall–Kier alpha value is -2.42. The molecule has 0 amide bonds. The van der Waals surface area contributed by atoms with E-state index in [1.54, 1.807) is 0 Å². The lowest BCUT2D eigenvalue weighted by Gasteiger charge is -2.34. The second kappa shape index (κ2) is 8.94. The van der Waals surface area contributed by atoms with Gasteiger partial charge in [0.05, 0.1) is 5.69 Å². The van der Waals surface area contributed by atoms with E-state index in [4.69, 9.17) is 4.98 Å². The van der Waals surface area contributed by atoms with Crippen LogP contribution in [0.4, 0.5) is 4.39 Å². The van der Waals surface area contributed by atoms with E-state index in [-0.39, 0.29) is 0 Å². The maximum atomic E-state index is 15.1. The fourth-order valence-corrected chi connectivity index (χ4v) is 4.42. The van der Waals surface area contributed by atoms with E-state index < -0.39 is 11.6 Å². The van der Waals surface area contributed by atoms with E-state index in [0.29, 0.717) is 6.42 Å². The molecule has 3 rings (SSSR count). The minimum absolute atomic E-state index is 0.506. The quantitative estimate of drug-likeness (QED) is 0.400. The molecule has 0 aliphatic heterocycles. The maximum absolute atomic E-state index is 15.1. The number of rotatable bonds is 8. The maximum Gasteiger partial charge on any atom is 0.144 e. The number of hydrogen-bond acceptors (Lipinski definition) is 1. The molecule has 2 atom stereocenters. The first-order chi connectivity index (χ1) is 14.0. The first-order valence-corrected chi connectivity index (χ1v) is 10.9. The molecule has 0 aliphatic rings. The average molecular weight is 393 g/mol. The van der Waals surface area contributed by atoms with Crippen molar-refractivity contribution < 1.29 is 4.39 Å². The Balaban J connectivity index is 2.25. The molecule has 1 aromatic heterocycles. The Morgan fingerprint density at radius 2 is 1.62 bits per heavy atom. The number of para-hydroxylation sites is 1. The number of alkyl halides is 1. The predicted octanol–water partition coefficient (Wildman–Crippen LogP) is 7.08. The molecule has 0 aliphatic carbocycles. The molecule has 0 saturated heterocycles. The van der Waals surface area contributed by atoms with Crippen molar-refractivity contribution in [3.8, 4) is 17.1 Å². The normalized spacial score (nSPS) is 14.6. The molecule has 0 spiro atoms. The van der Waals surface area contributed by atoms with E-state index >= 15 is 4.39 Å². The highest BCUT2D eigenvalue weighted by Crippen LogP contribution is 2.40. The van der Waals surface area contributed by atoms with Crippen LogP contribution in [0.3, 0.4) is 0 Å². The molecular weight excluding hydrogens is 359 g/mol. The van der Waals surface area contributed by atoms with Crippen LogP contribution in [0.1, 0.15) is 64.2 Å². The topological polar surface area (TPSA) is 17.8 Å². The molecule has 2 aromatic carbocycles. The summed E-state index contributed by atoms with van der Waals surface area (Å²) >= 11 is 0. The van der Waals surface area contributed by atoms with Gasteiger partial charge in [0.1, 0.15) is 12.0 Å². The Morgan fingerprint density at radius 3 is 2.21 bits per heavy atom. The van der Waals surface area contributed by atoms with Crippen molar-refractivity contribution in [2.45, 2.75) is 71.9 Å². The smallest absolute Gasteiger partial charge is 0.144 e.